The number of ketones is 1. The van der Waals surface area contributed by atoms with Crippen LogP contribution in [0.5, 0.6) is 0 Å². The SMILES string of the molecule is NC(=O)C[C@H](NC(=O)OCc1ccccc1)C(=O)NC(CC(=O)CCl)c1ccccc1. The second-order valence-electron chi connectivity index (χ2n) is 6.78. The van der Waals surface area contributed by atoms with E-state index < -0.39 is 36.4 Å². The fraction of sp³-hybridized carbons (Fsp3) is 0.273. The van der Waals surface area contributed by atoms with Crippen molar-refractivity contribution in [3.05, 3.63) is 71.8 Å². The highest BCUT2D eigenvalue weighted by Crippen LogP contribution is 2.18. The molecule has 0 spiro atoms. The van der Waals surface area contributed by atoms with Gasteiger partial charge in [0.15, 0.2) is 0 Å². The lowest BCUT2D eigenvalue weighted by Gasteiger charge is -2.23. The smallest absolute Gasteiger partial charge is 0.408 e. The van der Waals surface area contributed by atoms with Crippen molar-refractivity contribution in [2.24, 2.45) is 5.73 Å². The molecule has 0 aromatic heterocycles. The highest BCUT2D eigenvalue weighted by atomic mass is 35.5. The van der Waals surface area contributed by atoms with Gasteiger partial charge in [0.1, 0.15) is 18.4 Å². The van der Waals surface area contributed by atoms with E-state index in [-0.39, 0.29) is 24.7 Å². The number of nitrogens with one attached hydrogen (secondary N) is 2. The first-order chi connectivity index (χ1) is 14.9. The number of alkyl halides is 1. The summed E-state index contributed by atoms with van der Waals surface area (Å²) in [5, 5.41) is 5.04. The van der Waals surface area contributed by atoms with Crippen molar-refractivity contribution in [3.8, 4) is 0 Å². The van der Waals surface area contributed by atoms with Gasteiger partial charge in [-0.3, -0.25) is 14.4 Å². The van der Waals surface area contributed by atoms with Crippen LogP contribution in [0.2, 0.25) is 0 Å². The fourth-order valence-electron chi connectivity index (χ4n) is 2.81. The van der Waals surface area contributed by atoms with Crippen LogP contribution in [0.3, 0.4) is 0 Å². The summed E-state index contributed by atoms with van der Waals surface area (Å²) in [4.78, 5) is 48.3. The molecule has 0 aliphatic carbocycles. The number of Topliss-reactive ketones (excluding diaryl/α,β-unsaturated/α-hetero) is 1. The number of carbonyl (C=O) groups is 4. The zero-order valence-electron chi connectivity index (χ0n) is 16.8. The number of benzene rings is 2. The Bertz CT molecular complexity index is 893. The number of halogens is 1. The Morgan fingerprint density at radius 1 is 0.903 bits per heavy atom. The van der Waals surface area contributed by atoms with Crippen molar-refractivity contribution in [1.82, 2.24) is 10.6 Å². The van der Waals surface area contributed by atoms with Crippen LogP contribution in [-0.4, -0.2) is 35.6 Å². The van der Waals surface area contributed by atoms with Crippen LogP contribution < -0.4 is 16.4 Å². The molecule has 0 fully saturated rings. The van der Waals surface area contributed by atoms with Gasteiger partial charge >= 0.3 is 6.09 Å². The maximum Gasteiger partial charge on any atom is 0.408 e. The predicted molar refractivity (Wildman–Crippen MR) is 115 cm³/mol. The molecule has 3 amide bonds. The number of alkyl carbamates (subject to hydrolysis) is 1. The van der Waals surface area contributed by atoms with E-state index in [1.807, 2.05) is 6.07 Å². The van der Waals surface area contributed by atoms with Crippen LogP contribution in [-0.2, 0) is 25.7 Å². The minimum absolute atomic E-state index is 0.00551. The van der Waals surface area contributed by atoms with Crippen molar-refractivity contribution in [2.45, 2.75) is 31.5 Å². The Labute approximate surface area is 185 Å². The van der Waals surface area contributed by atoms with Crippen LogP contribution in [0.25, 0.3) is 0 Å². The number of nitrogens with two attached hydrogens (primary N) is 1. The van der Waals surface area contributed by atoms with Gasteiger partial charge in [-0.1, -0.05) is 60.7 Å². The van der Waals surface area contributed by atoms with Crippen molar-refractivity contribution >= 4 is 35.3 Å². The third-order valence-corrected chi connectivity index (χ3v) is 4.62. The standard InChI is InChI=1S/C22H24ClN3O5/c23-13-17(27)11-18(16-9-5-2-6-10-16)25-21(29)19(12-20(24)28)26-22(30)31-14-15-7-3-1-4-8-15/h1-10,18-19H,11-14H2,(H2,24,28)(H,25,29)(H,26,30)/t18?,19-/m0/s1. The molecule has 0 aliphatic heterocycles. The molecule has 0 saturated carbocycles. The topological polar surface area (TPSA) is 128 Å². The first-order valence-electron chi connectivity index (χ1n) is 9.57. The van der Waals surface area contributed by atoms with E-state index in [1.165, 1.54) is 0 Å². The molecule has 31 heavy (non-hydrogen) atoms. The molecule has 4 N–H and O–H groups in total. The van der Waals surface area contributed by atoms with E-state index in [0.29, 0.717) is 5.56 Å². The molecule has 2 aromatic rings. The number of hydrogen-bond acceptors (Lipinski definition) is 5. The second-order valence-corrected chi connectivity index (χ2v) is 7.04. The van der Waals surface area contributed by atoms with Crippen molar-refractivity contribution in [3.63, 3.8) is 0 Å². The Morgan fingerprint density at radius 3 is 2.10 bits per heavy atom. The van der Waals surface area contributed by atoms with E-state index >= 15 is 0 Å². The summed E-state index contributed by atoms with van der Waals surface area (Å²) in [6, 6.07) is 15.8. The average molecular weight is 446 g/mol. The van der Waals surface area contributed by atoms with Crippen molar-refractivity contribution < 1.29 is 23.9 Å². The van der Waals surface area contributed by atoms with Crippen molar-refractivity contribution in [2.75, 3.05) is 5.88 Å². The summed E-state index contributed by atoms with van der Waals surface area (Å²) in [5.41, 5.74) is 6.67. The van der Waals surface area contributed by atoms with E-state index in [2.05, 4.69) is 10.6 Å². The lowest BCUT2D eigenvalue weighted by Crippen LogP contribution is -2.49. The first kappa shape index (κ1) is 23.9. The molecule has 1 unspecified atom stereocenters. The molecule has 9 heteroatoms. The van der Waals surface area contributed by atoms with Gasteiger partial charge in [-0.05, 0) is 11.1 Å². The molecule has 0 saturated heterocycles. The molecule has 0 aliphatic rings. The van der Waals surface area contributed by atoms with Gasteiger partial charge in [0.05, 0.1) is 18.3 Å². The zero-order chi connectivity index (χ0) is 22.6. The lowest BCUT2D eigenvalue weighted by molar-refractivity contribution is -0.128. The number of ether oxygens (including phenoxy) is 1. The summed E-state index contributed by atoms with van der Waals surface area (Å²) in [6.45, 7) is -0.00551. The summed E-state index contributed by atoms with van der Waals surface area (Å²) >= 11 is 5.61. The third kappa shape index (κ3) is 8.47. The minimum Gasteiger partial charge on any atom is -0.445 e. The fourth-order valence-corrected chi connectivity index (χ4v) is 2.92. The highest BCUT2D eigenvalue weighted by molar-refractivity contribution is 6.27. The van der Waals surface area contributed by atoms with E-state index in [9.17, 15) is 19.2 Å². The van der Waals surface area contributed by atoms with Crippen LogP contribution in [0.15, 0.2) is 60.7 Å². The summed E-state index contributed by atoms with van der Waals surface area (Å²) < 4.78 is 5.11. The molecular formula is C22H24ClN3O5. The molecule has 2 rings (SSSR count). The van der Waals surface area contributed by atoms with Gasteiger partial charge in [0.2, 0.25) is 11.8 Å². The lowest BCUT2D eigenvalue weighted by atomic mass is 10.0. The molecule has 2 aromatic carbocycles. The Balaban J connectivity index is 2.06. The van der Waals surface area contributed by atoms with E-state index in [1.54, 1.807) is 54.6 Å². The molecule has 164 valence electrons. The number of carbonyl (C=O) groups excluding carboxylic acids is 4. The summed E-state index contributed by atoms with van der Waals surface area (Å²) in [6.07, 6.45) is -1.35. The largest absolute Gasteiger partial charge is 0.445 e. The van der Waals surface area contributed by atoms with Gasteiger partial charge < -0.3 is 21.1 Å². The highest BCUT2D eigenvalue weighted by Gasteiger charge is 2.27. The third-order valence-electron chi connectivity index (χ3n) is 4.33. The van der Waals surface area contributed by atoms with Gasteiger partial charge in [0.25, 0.3) is 0 Å². The Kier molecular flexibility index (Phi) is 9.51. The number of hydrogen-bond donors (Lipinski definition) is 3. The van der Waals surface area contributed by atoms with Crippen LogP contribution in [0.1, 0.15) is 30.0 Å². The molecule has 0 heterocycles. The zero-order valence-corrected chi connectivity index (χ0v) is 17.5. The maximum absolute atomic E-state index is 12.8. The monoisotopic (exact) mass is 445 g/mol. The quantitative estimate of drug-likeness (QED) is 0.457. The van der Waals surface area contributed by atoms with Crippen LogP contribution in [0, 0.1) is 0 Å². The molecule has 0 radical (unpaired) electrons. The van der Waals surface area contributed by atoms with Crippen LogP contribution in [0.4, 0.5) is 4.79 Å². The van der Waals surface area contributed by atoms with E-state index in [4.69, 9.17) is 22.1 Å². The number of primary amides is 1. The number of rotatable bonds is 11. The molecular weight excluding hydrogens is 422 g/mol. The molecule has 8 nitrogen and oxygen atoms in total. The minimum atomic E-state index is -1.27. The first-order valence-corrected chi connectivity index (χ1v) is 10.1. The van der Waals surface area contributed by atoms with Gasteiger partial charge in [-0.2, -0.15) is 0 Å². The number of amides is 3. The van der Waals surface area contributed by atoms with Gasteiger partial charge in [-0.25, -0.2) is 4.79 Å². The van der Waals surface area contributed by atoms with Crippen LogP contribution >= 0.6 is 11.6 Å². The van der Waals surface area contributed by atoms with Crippen molar-refractivity contribution in [1.29, 1.82) is 0 Å². The normalized spacial score (nSPS) is 12.3. The Hall–Kier alpha value is -3.39. The van der Waals surface area contributed by atoms with E-state index in [0.717, 1.165) is 5.56 Å². The van der Waals surface area contributed by atoms with Gasteiger partial charge in [0, 0.05) is 6.42 Å². The summed E-state index contributed by atoms with van der Waals surface area (Å²) in [5.74, 6) is -1.92. The second kappa shape index (κ2) is 12.3. The van der Waals surface area contributed by atoms with Gasteiger partial charge in [-0.15, -0.1) is 11.6 Å². The average Bonchev–Trinajstić information content (AvgIpc) is 2.77. The molecule has 2 atom stereocenters. The predicted octanol–water partition coefficient (Wildman–Crippen LogP) is 2.21. The Morgan fingerprint density at radius 2 is 1.52 bits per heavy atom. The molecule has 0 bridgehead atoms. The summed E-state index contributed by atoms with van der Waals surface area (Å²) in [7, 11) is 0. The maximum atomic E-state index is 12.8.